The van der Waals surface area contributed by atoms with Gasteiger partial charge in [-0.2, -0.15) is 0 Å². The van der Waals surface area contributed by atoms with Crippen molar-refractivity contribution >= 4 is 17.7 Å². The molecule has 0 bridgehead atoms. The first-order valence-corrected chi connectivity index (χ1v) is 10.1. The Bertz CT molecular complexity index is 1130. The highest BCUT2D eigenvalue weighted by Crippen LogP contribution is 2.23. The molecule has 1 aliphatic rings. The summed E-state index contributed by atoms with van der Waals surface area (Å²) in [6.45, 7) is 0.457. The second-order valence-corrected chi connectivity index (χ2v) is 7.25. The van der Waals surface area contributed by atoms with Gasteiger partial charge >= 0.3 is 0 Å². The summed E-state index contributed by atoms with van der Waals surface area (Å²) in [5, 5.41) is 2.80. The van der Waals surface area contributed by atoms with E-state index in [1.165, 1.54) is 29.2 Å². The minimum atomic E-state index is -0.357. The van der Waals surface area contributed by atoms with E-state index >= 15 is 0 Å². The molecule has 1 aromatic heterocycles. The quantitative estimate of drug-likeness (QED) is 0.547. The lowest BCUT2D eigenvalue weighted by Crippen LogP contribution is -2.32. The van der Waals surface area contributed by atoms with Crippen molar-refractivity contribution in [3.05, 3.63) is 89.4 Å². The normalized spacial score (nSPS) is 12.6. The highest BCUT2D eigenvalue weighted by Gasteiger charge is 2.34. The number of ether oxygens (including phenoxy) is 1. The molecule has 0 saturated carbocycles. The fourth-order valence-corrected chi connectivity index (χ4v) is 3.37. The van der Waals surface area contributed by atoms with Crippen LogP contribution in [0.15, 0.2) is 66.9 Å². The van der Waals surface area contributed by atoms with Crippen LogP contribution in [0.3, 0.4) is 0 Å². The van der Waals surface area contributed by atoms with Crippen molar-refractivity contribution in [3.63, 3.8) is 0 Å². The molecule has 4 rings (SSSR count). The molecule has 8 heteroatoms. The molecule has 3 aromatic rings. The third-order valence-corrected chi connectivity index (χ3v) is 4.99. The van der Waals surface area contributed by atoms with Gasteiger partial charge in [0.25, 0.3) is 11.8 Å². The zero-order chi connectivity index (χ0) is 22.5. The smallest absolute Gasteiger partial charge is 0.261 e. The van der Waals surface area contributed by atoms with E-state index < -0.39 is 0 Å². The number of hydrogen-bond donors (Lipinski definition) is 1. The van der Waals surface area contributed by atoms with E-state index in [0.717, 1.165) is 5.56 Å². The molecule has 2 aromatic carbocycles. The Morgan fingerprint density at radius 3 is 2.38 bits per heavy atom. The largest absolute Gasteiger partial charge is 0.439 e. The molecule has 0 fully saturated rings. The van der Waals surface area contributed by atoms with Gasteiger partial charge < -0.3 is 10.1 Å². The van der Waals surface area contributed by atoms with E-state index in [1.807, 2.05) is 0 Å². The number of halogens is 1. The Balaban J connectivity index is 1.24. The molecule has 0 aliphatic carbocycles. The summed E-state index contributed by atoms with van der Waals surface area (Å²) in [6, 6.07) is 15.7. The van der Waals surface area contributed by atoms with E-state index in [4.69, 9.17) is 4.74 Å². The third-order valence-electron chi connectivity index (χ3n) is 4.99. The Hall–Kier alpha value is -4.07. The number of imide groups is 1. The van der Waals surface area contributed by atoms with Gasteiger partial charge in [0.05, 0.1) is 11.1 Å². The van der Waals surface area contributed by atoms with Gasteiger partial charge in [-0.05, 0) is 54.4 Å². The highest BCUT2D eigenvalue weighted by atomic mass is 19.1. The molecule has 0 spiro atoms. The summed E-state index contributed by atoms with van der Waals surface area (Å²) in [6.07, 6.45) is 2.10. The van der Waals surface area contributed by atoms with Crippen molar-refractivity contribution in [1.82, 2.24) is 15.2 Å². The Morgan fingerprint density at radius 1 is 1.00 bits per heavy atom. The van der Waals surface area contributed by atoms with Crippen molar-refractivity contribution in [1.29, 1.82) is 0 Å². The number of rotatable bonds is 8. The number of carbonyl (C=O) groups excluding carboxylic acids is 3. The molecule has 0 saturated heterocycles. The second-order valence-electron chi connectivity index (χ2n) is 7.25. The van der Waals surface area contributed by atoms with Gasteiger partial charge in [0.2, 0.25) is 11.8 Å². The van der Waals surface area contributed by atoms with Gasteiger partial charge in [0.15, 0.2) is 0 Å². The lowest BCUT2D eigenvalue weighted by atomic mass is 10.1. The van der Waals surface area contributed by atoms with Crippen LogP contribution < -0.4 is 10.1 Å². The maximum atomic E-state index is 13.0. The minimum Gasteiger partial charge on any atom is -0.439 e. The number of aromatic nitrogens is 1. The Kier molecular flexibility index (Phi) is 6.21. The minimum absolute atomic E-state index is 0.178. The van der Waals surface area contributed by atoms with Gasteiger partial charge in [-0.1, -0.05) is 12.1 Å². The van der Waals surface area contributed by atoms with E-state index in [9.17, 15) is 18.8 Å². The number of pyridine rings is 1. The van der Waals surface area contributed by atoms with Crippen LogP contribution in [0, 0.1) is 5.82 Å². The van der Waals surface area contributed by atoms with Crippen LogP contribution in [-0.2, 0) is 11.3 Å². The molecule has 2 heterocycles. The molecule has 162 valence electrons. The summed E-state index contributed by atoms with van der Waals surface area (Å²) in [7, 11) is 0. The first kappa shape index (κ1) is 21.2. The van der Waals surface area contributed by atoms with E-state index in [-0.39, 0.29) is 43.0 Å². The summed E-state index contributed by atoms with van der Waals surface area (Å²) in [5.74, 6) is -0.417. The molecular formula is C24H20FN3O4. The molecule has 0 atom stereocenters. The summed E-state index contributed by atoms with van der Waals surface area (Å²) >= 11 is 0. The zero-order valence-corrected chi connectivity index (χ0v) is 17.1. The fourth-order valence-electron chi connectivity index (χ4n) is 3.37. The molecular weight excluding hydrogens is 413 g/mol. The van der Waals surface area contributed by atoms with Gasteiger partial charge in [0, 0.05) is 31.8 Å². The number of fused-ring (bicyclic) bond motifs is 1. The summed E-state index contributed by atoms with van der Waals surface area (Å²) < 4.78 is 18.6. The standard InChI is InChI=1S/C24H20FN3O4/c25-17-7-9-18(10-8-17)32-22-14-16(11-12-26-22)15-27-21(29)6-3-13-28-23(30)19-4-1-2-5-20(19)24(28)31/h1-2,4-5,7-12,14H,3,6,13,15H2,(H,27,29). The van der Waals surface area contributed by atoms with Gasteiger partial charge in [0.1, 0.15) is 11.6 Å². The number of hydrogen-bond acceptors (Lipinski definition) is 5. The average Bonchev–Trinajstić information content (AvgIpc) is 3.05. The maximum Gasteiger partial charge on any atom is 0.261 e. The van der Waals surface area contributed by atoms with Crippen molar-refractivity contribution in [3.8, 4) is 11.6 Å². The highest BCUT2D eigenvalue weighted by molar-refractivity contribution is 6.21. The lowest BCUT2D eigenvalue weighted by molar-refractivity contribution is -0.121. The topological polar surface area (TPSA) is 88.6 Å². The number of nitrogens with one attached hydrogen (secondary N) is 1. The third kappa shape index (κ3) is 4.80. The van der Waals surface area contributed by atoms with Crippen LogP contribution in [-0.4, -0.2) is 34.2 Å². The molecule has 0 unspecified atom stereocenters. The van der Waals surface area contributed by atoms with Crippen LogP contribution in [0.5, 0.6) is 11.6 Å². The number of benzene rings is 2. The number of nitrogens with zero attached hydrogens (tertiary/aromatic N) is 2. The SMILES string of the molecule is O=C(CCCN1C(=O)c2ccccc2C1=O)NCc1ccnc(Oc2ccc(F)cc2)c1. The van der Waals surface area contributed by atoms with Crippen LogP contribution >= 0.6 is 0 Å². The fraction of sp³-hybridized carbons (Fsp3) is 0.167. The second kappa shape index (κ2) is 9.38. The molecule has 1 N–H and O–H groups in total. The first-order valence-electron chi connectivity index (χ1n) is 10.1. The van der Waals surface area contributed by atoms with Crippen LogP contribution in [0.25, 0.3) is 0 Å². The van der Waals surface area contributed by atoms with Crippen LogP contribution in [0.4, 0.5) is 4.39 Å². The van der Waals surface area contributed by atoms with Gasteiger partial charge in [-0.15, -0.1) is 0 Å². The van der Waals surface area contributed by atoms with E-state index in [1.54, 1.807) is 42.6 Å². The predicted octanol–water partition coefficient (Wildman–Crippen LogP) is 3.71. The molecule has 0 radical (unpaired) electrons. The van der Waals surface area contributed by atoms with Crippen molar-refractivity contribution in [2.75, 3.05) is 6.54 Å². The van der Waals surface area contributed by atoms with E-state index in [0.29, 0.717) is 29.2 Å². The van der Waals surface area contributed by atoms with Crippen molar-refractivity contribution < 1.29 is 23.5 Å². The zero-order valence-electron chi connectivity index (χ0n) is 17.1. The van der Waals surface area contributed by atoms with Crippen molar-refractivity contribution in [2.45, 2.75) is 19.4 Å². The monoisotopic (exact) mass is 433 g/mol. The summed E-state index contributed by atoms with van der Waals surface area (Å²) in [4.78, 5) is 42.2. The average molecular weight is 433 g/mol. The van der Waals surface area contributed by atoms with Gasteiger partial charge in [-0.3, -0.25) is 19.3 Å². The van der Waals surface area contributed by atoms with E-state index in [2.05, 4.69) is 10.3 Å². The summed E-state index contributed by atoms with van der Waals surface area (Å²) in [5.41, 5.74) is 1.59. The Morgan fingerprint density at radius 2 is 1.69 bits per heavy atom. The predicted molar refractivity (Wildman–Crippen MR) is 114 cm³/mol. The number of amides is 3. The first-order chi connectivity index (χ1) is 15.5. The molecule has 3 amide bonds. The number of carbonyl (C=O) groups is 3. The molecule has 1 aliphatic heterocycles. The van der Waals surface area contributed by atoms with Crippen LogP contribution in [0.2, 0.25) is 0 Å². The Labute approximate surface area is 183 Å². The van der Waals surface area contributed by atoms with Crippen molar-refractivity contribution in [2.24, 2.45) is 0 Å². The van der Waals surface area contributed by atoms with Gasteiger partial charge in [-0.25, -0.2) is 9.37 Å². The maximum absolute atomic E-state index is 13.0. The van der Waals surface area contributed by atoms with Crippen LogP contribution in [0.1, 0.15) is 39.1 Å². The molecule has 32 heavy (non-hydrogen) atoms. The molecule has 7 nitrogen and oxygen atoms in total. The lowest BCUT2D eigenvalue weighted by Gasteiger charge is -2.13.